The summed E-state index contributed by atoms with van der Waals surface area (Å²) in [5.74, 6) is 0. The molecule has 0 unspecified atom stereocenters. The zero-order valence-corrected chi connectivity index (χ0v) is 13.3. The van der Waals surface area contributed by atoms with Crippen LogP contribution in [0.15, 0.2) is 21.7 Å². The molecule has 2 heterocycles. The summed E-state index contributed by atoms with van der Waals surface area (Å²) in [6, 6.07) is 2.72. The Bertz CT molecular complexity index is 823. The average molecular weight is 371 g/mol. The average Bonchev–Trinajstić information content (AvgIpc) is 2.93. The number of benzene rings is 1. The zero-order valence-electron chi connectivity index (χ0n) is 11.6. The van der Waals surface area contributed by atoms with Gasteiger partial charge < -0.3 is 9.97 Å². The molecule has 0 atom stereocenters. The van der Waals surface area contributed by atoms with Crippen molar-refractivity contribution >= 4 is 33.7 Å². The minimum absolute atomic E-state index is 0. The van der Waals surface area contributed by atoms with Crippen LogP contribution in [0.4, 0.5) is 5.69 Å². The normalized spacial score (nSPS) is 14.9. The number of aromatic nitrogens is 2. The quantitative estimate of drug-likeness (QED) is 0.480. The van der Waals surface area contributed by atoms with Crippen LogP contribution in [0.2, 0.25) is 0 Å². The van der Waals surface area contributed by atoms with Crippen LogP contribution in [-0.4, -0.2) is 32.9 Å². The highest BCUT2D eigenvalue weighted by Gasteiger charge is 2.18. The second-order valence-electron chi connectivity index (χ2n) is 5.18. The number of nitrogens with one attached hydrogen (secondary N) is 2. The highest BCUT2D eigenvalue weighted by atomic mass is 79.9. The molecule has 8 nitrogen and oxygen atoms in total. The monoisotopic (exact) mass is 370 g/mol. The number of halogens is 1. The van der Waals surface area contributed by atoms with Crippen molar-refractivity contribution in [2.24, 2.45) is 0 Å². The van der Waals surface area contributed by atoms with Crippen molar-refractivity contribution in [3.05, 3.63) is 48.5 Å². The zero-order chi connectivity index (χ0) is 15.0. The summed E-state index contributed by atoms with van der Waals surface area (Å²) in [5, 5.41) is 11.0. The molecule has 1 aliphatic rings. The van der Waals surface area contributed by atoms with E-state index in [2.05, 4.69) is 14.9 Å². The van der Waals surface area contributed by atoms with Gasteiger partial charge >= 0.3 is 11.1 Å². The minimum Gasteiger partial charge on any atom is -0.316 e. The SMILES string of the molecule is Br.O=c1[nH]c2cc([N+](=O)[O-])cc(CN3CCCC3)c2[nH]c1=O. The smallest absolute Gasteiger partial charge is 0.314 e. The van der Waals surface area contributed by atoms with Crippen molar-refractivity contribution in [1.82, 2.24) is 14.9 Å². The standard InChI is InChI=1S/C13H14N4O4.BrH/c18-12-13(19)15-11-8(7-16-3-1-2-4-16)5-9(17(20)21)6-10(11)14-12;/h5-6H,1-4,7H2,(H,14,18)(H,15,19);1H. The van der Waals surface area contributed by atoms with Gasteiger partial charge in [-0.25, -0.2) is 0 Å². The summed E-state index contributed by atoms with van der Waals surface area (Å²) >= 11 is 0. The third-order valence-corrected chi connectivity index (χ3v) is 3.70. The van der Waals surface area contributed by atoms with Crippen LogP contribution in [0.5, 0.6) is 0 Å². The number of hydrogen-bond donors (Lipinski definition) is 2. The molecule has 0 amide bonds. The van der Waals surface area contributed by atoms with Crippen LogP contribution in [0.3, 0.4) is 0 Å². The molecule has 1 saturated heterocycles. The van der Waals surface area contributed by atoms with Crippen molar-refractivity contribution in [2.45, 2.75) is 19.4 Å². The van der Waals surface area contributed by atoms with Crippen LogP contribution in [0.1, 0.15) is 18.4 Å². The van der Waals surface area contributed by atoms with Gasteiger partial charge in [0.25, 0.3) is 5.69 Å². The lowest BCUT2D eigenvalue weighted by Crippen LogP contribution is -2.29. The van der Waals surface area contributed by atoms with E-state index in [0.717, 1.165) is 25.9 Å². The lowest BCUT2D eigenvalue weighted by Gasteiger charge is -2.15. The predicted molar refractivity (Wildman–Crippen MR) is 86.7 cm³/mol. The molecular weight excluding hydrogens is 356 g/mol. The van der Waals surface area contributed by atoms with Gasteiger partial charge in [0.2, 0.25) is 0 Å². The van der Waals surface area contributed by atoms with Crippen molar-refractivity contribution < 1.29 is 4.92 Å². The van der Waals surface area contributed by atoms with Crippen LogP contribution in [0, 0.1) is 10.1 Å². The second kappa shape index (κ2) is 6.41. The van der Waals surface area contributed by atoms with E-state index in [1.54, 1.807) is 0 Å². The molecule has 0 bridgehead atoms. The topological polar surface area (TPSA) is 112 Å². The summed E-state index contributed by atoms with van der Waals surface area (Å²) in [6.45, 7) is 2.37. The molecule has 0 aliphatic carbocycles. The van der Waals surface area contributed by atoms with Crippen LogP contribution in [0.25, 0.3) is 11.0 Å². The van der Waals surface area contributed by atoms with Gasteiger partial charge in [-0.15, -0.1) is 17.0 Å². The van der Waals surface area contributed by atoms with Crippen molar-refractivity contribution in [1.29, 1.82) is 0 Å². The lowest BCUT2D eigenvalue weighted by atomic mass is 10.1. The van der Waals surface area contributed by atoms with E-state index in [0.29, 0.717) is 17.6 Å². The number of H-pyrrole nitrogens is 2. The maximum Gasteiger partial charge on any atom is 0.314 e. The maximum absolute atomic E-state index is 11.5. The number of non-ortho nitro benzene ring substituents is 1. The fraction of sp³-hybridized carbons (Fsp3) is 0.385. The van der Waals surface area contributed by atoms with E-state index in [1.807, 2.05) is 0 Å². The first-order valence-corrected chi connectivity index (χ1v) is 6.70. The minimum atomic E-state index is -0.810. The number of nitro benzene ring substituents is 1. The predicted octanol–water partition coefficient (Wildman–Crippen LogP) is 1.30. The summed E-state index contributed by atoms with van der Waals surface area (Å²) in [6.07, 6.45) is 2.19. The highest BCUT2D eigenvalue weighted by Crippen LogP contribution is 2.23. The first kappa shape index (κ1) is 16.4. The molecule has 0 radical (unpaired) electrons. The molecule has 0 saturated carbocycles. The van der Waals surface area contributed by atoms with E-state index in [4.69, 9.17) is 0 Å². The number of hydrogen-bond acceptors (Lipinski definition) is 5. The van der Waals surface area contributed by atoms with Crippen LogP contribution in [-0.2, 0) is 6.54 Å². The Hall–Kier alpha value is -2.00. The number of nitro groups is 1. The molecule has 22 heavy (non-hydrogen) atoms. The molecule has 1 aromatic heterocycles. The Morgan fingerprint density at radius 1 is 1.14 bits per heavy atom. The summed E-state index contributed by atoms with van der Waals surface area (Å²) < 4.78 is 0. The summed E-state index contributed by atoms with van der Waals surface area (Å²) in [5.41, 5.74) is -0.275. The Morgan fingerprint density at radius 3 is 2.41 bits per heavy atom. The Labute approximate surface area is 135 Å². The fourth-order valence-corrected chi connectivity index (χ4v) is 2.69. The molecule has 118 valence electrons. The number of rotatable bonds is 3. The van der Waals surface area contributed by atoms with Gasteiger partial charge in [-0.1, -0.05) is 0 Å². The largest absolute Gasteiger partial charge is 0.316 e. The molecule has 2 N–H and O–H groups in total. The molecule has 1 aromatic carbocycles. The van der Waals surface area contributed by atoms with Crippen LogP contribution >= 0.6 is 17.0 Å². The Kier molecular flexibility index (Phi) is 4.77. The van der Waals surface area contributed by atoms with Gasteiger partial charge in [-0.3, -0.25) is 24.6 Å². The van der Waals surface area contributed by atoms with E-state index >= 15 is 0 Å². The van der Waals surface area contributed by atoms with E-state index in [9.17, 15) is 19.7 Å². The summed E-state index contributed by atoms with van der Waals surface area (Å²) in [4.78, 5) is 40.5. The number of likely N-dealkylation sites (tertiary alicyclic amines) is 1. The second-order valence-corrected chi connectivity index (χ2v) is 5.18. The van der Waals surface area contributed by atoms with Gasteiger partial charge in [0.15, 0.2) is 0 Å². The number of aromatic amines is 2. The van der Waals surface area contributed by atoms with Crippen molar-refractivity contribution in [3.8, 4) is 0 Å². The van der Waals surface area contributed by atoms with Gasteiger partial charge in [0.05, 0.1) is 16.0 Å². The van der Waals surface area contributed by atoms with Crippen molar-refractivity contribution in [2.75, 3.05) is 13.1 Å². The van der Waals surface area contributed by atoms with E-state index in [1.165, 1.54) is 12.1 Å². The molecule has 2 aromatic rings. The van der Waals surface area contributed by atoms with Gasteiger partial charge in [0, 0.05) is 18.7 Å². The molecule has 3 rings (SSSR count). The lowest BCUT2D eigenvalue weighted by molar-refractivity contribution is -0.384. The first-order chi connectivity index (χ1) is 10.0. The molecule has 9 heteroatoms. The van der Waals surface area contributed by atoms with Gasteiger partial charge in [0.1, 0.15) is 0 Å². The van der Waals surface area contributed by atoms with Gasteiger partial charge in [-0.05, 0) is 31.5 Å². The maximum atomic E-state index is 11.5. The third kappa shape index (κ3) is 3.09. The van der Waals surface area contributed by atoms with Crippen LogP contribution < -0.4 is 11.1 Å². The first-order valence-electron chi connectivity index (χ1n) is 6.70. The third-order valence-electron chi connectivity index (χ3n) is 3.70. The number of fused-ring (bicyclic) bond motifs is 1. The number of nitrogens with zero attached hydrogens (tertiary/aromatic N) is 2. The van der Waals surface area contributed by atoms with Gasteiger partial charge in [-0.2, -0.15) is 0 Å². The highest BCUT2D eigenvalue weighted by molar-refractivity contribution is 8.93. The molecule has 1 fully saturated rings. The Morgan fingerprint density at radius 2 is 1.77 bits per heavy atom. The fourth-order valence-electron chi connectivity index (χ4n) is 2.69. The van der Waals surface area contributed by atoms with Crippen molar-refractivity contribution in [3.63, 3.8) is 0 Å². The van der Waals surface area contributed by atoms with E-state index in [-0.39, 0.29) is 28.2 Å². The molecule has 1 aliphatic heterocycles. The van der Waals surface area contributed by atoms with E-state index < -0.39 is 16.0 Å². The molecule has 0 spiro atoms. The Balaban J connectivity index is 0.00000176. The molecular formula is C13H15BrN4O4. The summed E-state index contributed by atoms with van der Waals surface area (Å²) in [7, 11) is 0.